The molecule has 0 amide bonds. The molecule has 1 aromatic carbocycles. The van der Waals surface area contributed by atoms with Crippen LogP contribution in [-0.2, 0) is 6.54 Å². The zero-order chi connectivity index (χ0) is 18.1. The molecular formula is C19H22FN5O. The van der Waals surface area contributed by atoms with Crippen LogP contribution in [0.15, 0.2) is 35.4 Å². The molecule has 1 unspecified atom stereocenters. The Morgan fingerprint density at radius 3 is 2.73 bits per heavy atom. The zero-order valence-electron chi connectivity index (χ0n) is 14.7. The number of hydrogen-bond acceptors (Lipinski definition) is 4. The van der Waals surface area contributed by atoms with Gasteiger partial charge >= 0.3 is 0 Å². The first kappa shape index (κ1) is 16.9. The standard InChI is InChI=1S/C19H22FN5O/c1-12(14-6-8-21-9-7-14)18-24-17-16(19(26)23-11-22-17)25(18)10-13-2-4-15(20)5-3-13/h2-5,11-12,14,21H,6-10H2,1H3,(H,22,23,26). The summed E-state index contributed by atoms with van der Waals surface area (Å²) in [7, 11) is 0. The first-order valence-corrected chi connectivity index (χ1v) is 9.02. The van der Waals surface area contributed by atoms with Gasteiger partial charge in [-0.1, -0.05) is 19.1 Å². The third kappa shape index (κ3) is 3.14. The summed E-state index contributed by atoms with van der Waals surface area (Å²) in [5, 5.41) is 3.39. The quantitative estimate of drug-likeness (QED) is 0.754. The molecular weight excluding hydrogens is 333 g/mol. The number of hydrogen-bond donors (Lipinski definition) is 2. The number of H-pyrrole nitrogens is 1. The molecule has 0 spiro atoms. The molecule has 0 radical (unpaired) electrons. The lowest BCUT2D eigenvalue weighted by molar-refractivity contribution is 0.319. The van der Waals surface area contributed by atoms with Gasteiger partial charge in [0.25, 0.3) is 5.56 Å². The van der Waals surface area contributed by atoms with Gasteiger partial charge in [-0.25, -0.2) is 14.4 Å². The average molecular weight is 355 g/mol. The van der Waals surface area contributed by atoms with Gasteiger partial charge in [-0.05, 0) is 49.5 Å². The van der Waals surface area contributed by atoms with Crippen LogP contribution >= 0.6 is 0 Å². The predicted molar refractivity (Wildman–Crippen MR) is 97.7 cm³/mol. The van der Waals surface area contributed by atoms with Crippen molar-refractivity contribution in [2.24, 2.45) is 5.92 Å². The van der Waals surface area contributed by atoms with Crippen LogP contribution in [0.2, 0.25) is 0 Å². The number of imidazole rings is 1. The molecule has 136 valence electrons. The van der Waals surface area contributed by atoms with Crippen LogP contribution in [0, 0.1) is 11.7 Å². The highest BCUT2D eigenvalue weighted by molar-refractivity contribution is 5.70. The second kappa shape index (κ2) is 6.99. The molecule has 2 N–H and O–H groups in total. The fourth-order valence-electron chi connectivity index (χ4n) is 3.83. The van der Waals surface area contributed by atoms with E-state index in [0.717, 1.165) is 37.3 Å². The van der Waals surface area contributed by atoms with Crippen molar-refractivity contribution in [2.45, 2.75) is 32.2 Å². The lowest BCUT2D eigenvalue weighted by Crippen LogP contribution is -2.31. The van der Waals surface area contributed by atoms with Gasteiger partial charge in [0.05, 0.1) is 6.33 Å². The van der Waals surface area contributed by atoms with Crippen molar-refractivity contribution in [3.63, 3.8) is 0 Å². The Balaban J connectivity index is 1.79. The summed E-state index contributed by atoms with van der Waals surface area (Å²) in [4.78, 5) is 24.0. The normalized spacial score (nSPS) is 16.8. The molecule has 1 atom stereocenters. The van der Waals surface area contributed by atoms with Crippen LogP contribution < -0.4 is 10.9 Å². The van der Waals surface area contributed by atoms with Crippen LogP contribution in [0.1, 0.15) is 37.1 Å². The van der Waals surface area contributed by atoms with E-state index in [4.69, 9.17) is 4.98 Å². The summed E-state index contributed by atoms with van der Waals surface area (Å²) < 4.78 is 15.2. The lowest BCUT2D eigenvalue weighted by atomic mass is 9.85. The van der Waals surface area contributed by atoms with Gasteiger partial charge < -0.3 is 14.9 Å². The molecule has 1 fully saturated rings. The smallest absolute Gasteiger partial charge is 0.276 e. The summed E-state index contributed by atoms with van der Waals surface area (Å²) in [6, 6.07) is 6.36. The summed E-state index contributed by atoms with van der Waals surface area (Å²) >= 11 is 0. The highest BCUT2D eigenvalue weighted by atomic mass is 19.1. The number of halogens is 1. The molecule has 3 heterocycles. The Bertz CT molecular complexity index is 956. The number of rotatable bonds is 4. The van der Waals surface area contributed by atoms with E-state index in [1.165, 1.54) is 18.5 Å². The molecule has 0 aliphatic carbocycles. The summed E-state index contributed by atoms with van der Waals surface area (Å²) in [6.45, 7) is 4.65. The highest BCUT2D eigenvalue weighted by Gasteiger charge is 2.27. The molecule has 7 heteroatoms. The summed E-state index contributed by atoms with van der Waals surface area (Å²) in [6.07, 6.45) is 3.56. The third-order valence-electron chi connectivity index (χ3n) is 5.33. The van der Waals surface area contributed by atoms with Gasteiger partial charge in [0.15, 0.2) is 11.2 Å². The van der Waals surface area contributed by atoms with E-state index >= 15 is 0 Å². The molecule has 3 aromatic rings. The maximum Gasteiger partial charge on any atom is 0.276 e. The molecule has 1 aliphatic heterocycles. The Labute approximate surface area is 150 Å². The van der Waals surface area contributed by atoms with Crippen molar-refractivity contribution < 1.29 is 4.39 Å². The molecule has 26 heavy (non-hydrogen) atoms. The molecule has 6 nitrogen and oxygen atoms in total. The monoisotopic (exact) mass is 355 g/mol. The van der Waals surface area contributed by atoms with Crippen LogP contribution in [0.3, 0.4) is 0 Å². The molecule has 1 saturated heterocycles. The minimum atomic E-state index is -0.271. The number of nitrogens with zero attached hydrogens (tertiary/aromatic N) is 3. The van der Waals surface area contributed by atoms with E-state index in [2.05, 4.69) is 22.2 Å². The molecule has 0 saturated carbocycles. The van der Waals surface area contributed by atoms with E-state index in [1.807, 2.05) is 4.57 Å². The van der Waals surface area contributed by atoms with Crippen LogP contribution in [0.5, 0.6) is 0 Å². The van der Waals surface area contributed by atoms with Crippen molar-refractivity contribution in [3.8, 4) is 0 Å². The third-order valence-corrected chi connectivity index (χ3v) is 5.33. The number of fused-ring (bicyclic) bond motifs is 1. The van der Waals surface area contributed by atoms with E-state index in [0.29, 0.717) is 23.6 Å². The molecule has 2 aromatic heterocycles. The maximum absolute atomic E-state index is 13.2. The molecule has 1 aliphatic rings. The highest BCUT2D eigenvalue weighted by Crippen LogP contribution is 2.31. The van der Waals surface area contributed by atoms with E-state index in [1.54, 1.807) is 12.1 Å². The predicted octanol–water partition coefficient (Wildman–Crippen LogP) is 2.41. The lowest BCUT2D eigenvalue weighted by Gasteiger charge is -2.28. The van der Waals surface area contributed by atoms with Crippen LogP contribution in [0.25, 0.3) is 11.2 Å². The Hall–Kier alpha value is -2.54. The van der Waals surface area contributed by atoms with Gasteiger partial charge in [0.2, 0.25) is 0 Å². The fourth-order valence-corrected chi connectivity index (χ4v) is 3.83. The topological polar surface area (TPSA) is 75.6 Å². The van der Waals surface area contributed by atoms with Gasteiger partial charge in [-0.3, -0.25) is 4.79 Å². The maximum atomic E-state index is 13.2. The Morgan fingerprint density at radius 2 is 2.00 bits per heavy atom. The zero-order valence-corrected chi connectivity index (χ0v) is 14.7. The average Bonchev–Trinajstić information content (AvgIpc) is 3.03. The molecule has 0 bridgehead atoms. The fraction of sp³-hybridized carbons (Fsp3) is 0.421. The van der Waals surface area contributed by atoms with E-state index < -0.39 is 0 Å². The SMILES string of the molecule is CC(c1nc2nc[nH]c(=O)c2n1Cc1ccc(F)cc1)C1CCNCC1. The van der Waals surface area contributed by atoms with Crippen molar-refractivity contribution >= 4 is 11.2 Å². The minimum absolute atomic E-state index is 0.201. The van der Waals surface area contributed by atoms with Crippen molar-refractivity contribution in [2.75, 3.05) is 13.1 Å². The summed E-state index contributed by atoms with van der Waals surface area (Å²) in [5.74, 6) is 1.33. The minimum Gasteiger partial charge on any atom is -0.317 e. The summed E-state index contributed by atoms with van der Waals surface area (Å²) in [5.41, 5.74) is 1.67. The Kier molecular flexibility index (Phi) is 4.55. The van der Waals surface area contributed by atoms with Crippen LogP contribution in [0.4, 0.5) is 4.39 Å². The number of piperidine rings is 1. The van der Waals surface area contributed by atoms with Crippen molar-refractivity contribution in [1.82, 2.24) is 24.8 Å². The first-order chi connectivity index (χ1) is 12.6. The number of nitrogens with one attached hydrogen (secondary N) is 2. The largest absolute Gasteiger partial charge is 0.317 e. The second-order valence-corrected chi connectivity index (χ2v) is 6.96. The first-order valence-electron chi connectivity index (χ1n) is 9.02. The number of aromatic nitrogens is 4. The van der Waals surface area contributed by atoms with Gasteiger partial charge in [-0.2, -0.15) is 0 Å². The molecule has 4 rings (SSSR count). The number of aromatic amines is 1. The van der Waals surface area contributed by atoms with E-state index in [9.17, 15) is 9.18 Å². The Morgan fingerprint density at radius 1 is 1.27 bits per heavy atom. The van der Waals surface area contributed by atoms with Crippen molar-refractivity contribution in [1.29, 1.82) is 0 Å². The van der Waals surface area contributed by atoms with Gasteiger partial charge in [0, 0.05) is 12.5 Å². The van der Waals surface area contributed by atoms with E-state index in [-0.39, 0.29) is 17.3 Å². The number of benzene rings is 1. The second-order valence-electron chi connectivity index (χ2n) is 6.96. The van der Waals surface area contributed by atoms with Crippen molar-refractivity contribution in [3.05, 3.63) is 58.2 Å². The van der Waals surface area contributed by atoms with Gasteiger partial charge in [-0.15, -0.1) is 0 Å². The van der Waals surface area contributed by atoms with Crippen LogP contribution in [-0.4, -0.2) is 32.6 Å². The van der Waals surface area contributed by atoms with Gasteiger partial charge in [0.1, 0.15) is 11.6 Å².